The molecule has 0 amide bonds. The van der Waals surface area contributed by atoms with Crippen LogP contribution in [0.1, 0.15) is 25.7 Å². The fourth-order valence-electron chi connectivity index (χ4n) is 3.38. The smallest absolute Gasteiger partial charge is 0.172 e. The molecule has 0 aromatic rings. The van der Waals surface area contributed by atoms with Crippen LogP contribution in [0.4, 0.5) is 0 Å². The van der Waals surface area contributed by atoms with Crippen molar-refractivity contribution >= 4 is 12.1 Å². The molecule has 0 aromatic heterocycles. The zero-order chi connectivity index (χ0) is 15.0. The maximum absolute atomic E-state index is 12.0. The average molecular weight is 268 g/mol. The first-order valence-corrected chi connectivity index (χ1v) is 6.23. The van der Waals surface area contributed by atoms with E-state index in [4.69, 9.17) is 5.73 Å². The molecule has 0 aromatic carbocycles. The van der Waals surface area contributed by atoms with Crippen molar-refractivity contribution < 1.29 is 9.59 Å². The summed E-state index contributed by atoms with van der Waals surface area (Å²) in [5.41, 5.74) is 2.43. The number of aldehydes is 1. The number of rotatable bonds is 2. The maximum atomic E-state index is 12.0. The van der Waals surface area contributed by atoms with Crippen molar-refractivity contribution in [1.29, 1.82) is 15.8 Å². The Labute approximate surface area is 116 Å². The molecule has 6 nitrogen and oxygen atoms in total. The molecular weight excluding hydrogens is 256 g/mol. The Bertz CT molecular complexity index is 630. The van der Waals surface area contributed by atoms with E-state index in [1.807, 2.05) is 18.2 Å². The highest BCUT2D eigenvalue weighted by molar-refractivity contribution is 5.87. The Hall–Kier alpha value is -2.65. The number of allylic oxidation sites excluding steroid dienone is 2. The highest BCUT2D eigenvalue weighted by atomic mass is 16.1. The van der Waals surface area contributed by atoms with Crippen molar-refractivity contribution in [2.24, 2.45) is 22.5 Å². The van der Waals surface area contributed by atoms with Gasteiger partial charge in [-0.05, 0) is 12.8 Å². The van der Waals surface area contributed by atoms with E-state index >= 15 is 0 Å². The van der Waals surface area contributed by atoms with E-state index in [1.165, 1.54) is 0 Å². The lowest BCUT2D eigenvalue weighted by atomic mass is 9.59. The zero-order valence-electron chi connectivity index (χ0n) is 10.7. The summed E-state index contributed by atoms with van der Waals surface area (Å²) in [5.74, 6) is -0.958. The van der Waals surface area contributed by atoms with Gasteiger partial charge in [0.05, 0.1) is 18.2 Å². The lowest BCUT2D eigenvalue weighted by molar-refractivity contribution is -0.123. The van der Waals surface area contributed by atoms with Gasteiger partial charge >= 0.3 is 0 Å². The average Bonchev–Trinajstić information content (AvgIpc) is 2.99. The summed E-state index contributed by atoms with van der Waals surface area (Å²) >= 11 is 0. The molecule has 0 spiro atoms. The fourth-order valence-corrected chi connectivity index (χ4v) is 3.38. The molecule has 2 aliphatic carbocycles. The number of carbonyl (C=O) groups is 2. The maximum Gasteiger partial charge on any atom is 0.172 e. The van der Waals surface area contributed by atoms with E-state index in [1.54, 1.807) is 0 Å². The molecule has 20 heavy (non-hydrogen) atoms. The zero-order valence-corrected chi connectivity index (χ0v) is 10.7. The first-order valence-electron chi connectivity index (χ1n) is 6.23. The Morgan fingerprint density at radius 3 is 2.30 bits per heavy atom. The second-order valence-corrected chi connectivity index (χ2v) is 5.19. The number of carbonyl (C=O) groups excluding carboxylic acids is 2. The first-order chi connectivity index (χ1) is 9.52. The van der Waals surface area contributed by atoms with Crippen LogP contribution < -0.4 is 5.73 Å². The molecule has 1 fully saturated rings. The number of Topliss-reactive ketones (excluding diaryl/α,β-unsaturated/α-hetero) is 1. The monoisotopic (exact) mass is 268 g/mol. The molecule has 0 bridgehead atoms. The minimum atomic E-state index is -1.77. The molecular formula is C14H12N4O2. The highest BCUT2D eigenvalue weighted by Crippen LogP contribution is 2.59. The quantitative estimate of drug-likeness (QED) is 0.733. The number of hydrogen-bond donors (Lipinski definition) is 1. The highest BCUT2D eigenvalue weighted by Gasteiger charge is 2.66. The summed E-state index contributed by atoms with van der Waals surface area (Å²) < 4.78 is 0. The van der Waals surface area contributed by atoms with Gasteiger partial charge in [0.2, 0.25) is 0 Å². The molecule has 2 aliphatic rings. The number of ketones is 1. The van der Waals surface area contributed by atoms with Crippen LogP contribution in [0.5, 0.6) is 0 Å². The second kappa shape index (κ2) is 4.47. The van der Waals surface area contributed by atoms with Gasteiger partial charge in [-0.2, -0.15) is 15.8 Å². The van der Waals surface area contributed by atoms with Crippen LogP contribution in [0.3, 0.4) is 0 Å². The van der Waals surface area contributed by atoms with Crippen LogP contribution in [0.25, 0.3) is 0 Å². The Morgan fingerprint density at radius 1 is 1.25 bits per heavy atom. The van der Waals surface area contributed by atoms with E-state index in [0.29, 0.717) is 25.5 Å². The van der Waals surface area contributed by atoms with Crippen molar-refractivity contribution in [2.45, 2.75) is 25.7 Å². The number of nitriles is 3. The van der Waals surface area contributed by atoms with E-state index in [-0.39, 0.29) is 23.5 Å². The van der Waals surface area contributed by atoms with Gasteiger partial charge in [-0.1, -0.05) is 0 Å². The van der Waals surface area contributed by atoms with Gasteiger partial charge in [0.15, 0.2) is 5.41 Å². The summed E-state index contributed by atoms with van der Waals surface area (Å²) in [6, 6.07) is 5.64. The minimum Gasteiger partial charge on any atom is -0.400 e. The van der Waals surface area contributed by atoms with Gasteiger partial charge < -0.3 is 5.73 Å². The number of nitrogens with two attached hydrogens (primary N) is 1. The molecule has 0 radical (unpaired) electrons. The van der Waals surface area contributed by atoms with Crippen molar-refractivity contribution in [3.8, 4) is 18.2 Å². The standard InChI is InChI=1S/C14H12N4O2/c15-6-13(7-16)4-9(5-19)12(18)14(13,8-17)10-2-1-3-11(10)20/h5,10H,1-4,18H2/t10-,14-/m1/s1. The lowest BCUT2D eigenvalue weighted by Crippen LogP contribution is -2.46. The van der Waals surface area contributed by atoms with Gasteiger partial charge in [-0.25, -0.2) is 0 Å². The summed E-state index contributed by atoms with van der Waals surface area (Å²) in [7, 11) is 0. The van der Waals surface area contributed by atoms with Crippen LogP contribution in [0.15, 0.2) is 11.3 Å². The van der Waals surface area contributed by atoms with Gasteiger partial charge in [-0.15, -0.1) is 0 Å². The largest absolute Gasteiger partial charge is 0.400 e. The van der Waals surface area contributed by atoms with Gasteiger partial charge in [-0.3, -0.25) is 9.59 Å². The van der Waals surface area contributed by atoms with Crippen molar-refractivity contribution in [2.75, 3.05) is 0 Å². The Morgan fingerprint density at radius 2 is 1.90 bits per heavy atom. The Kier molecular flexibility index (Phi) is 3.08. The van der Waals surface area contributed by atoms with Crippen molar-refractivity contribution in [1.82, 2.24) is 0 Å². The molecule has 0 heterocycles. The van der Waals surface area contributed by atoms with E-state index in [0.717, 1.165) is 0 Å². The van der Waals surface area contributed by atoms with E-state index in [9.17, 15) is 25.4 Å². The molecule has 2 N–H and O–H groups in total. The van der Waals surface area contributed by atoms with Crippen molar-refractivity contribution in [3.63, 3.8) is 0 Å². The van der Waals surface area contributed by atoms with Crippen LogP contribution >= 0.6 is 0 Å². The molecule has 2 rings (SSSR count). The molecule has 6 heteroatoms. The predicted molar refractivity (Wildman–Crippen MR) is 65.9 cm³/mol. The number of hydrogen-bond acceptors (Lipinski definition) is 6. The third-order valence-corrected chi connectivity index (χ3v) is 4.43. The predicted octanol–water partition coefficient (Wildman–Crippen LogP) is 0.715. The third kappa shape index (κ3) is 1.35. The van der Waals surface area contributed by atoms with Gasteiger partial charge in [0.25, 0.3) is 0 Å². The summed E-state index contributed by atoms with van der Waals surface area (Å²) in [6.45, 7) is 0. The van der Waals surface area contributed by atoms with Gasteiger partial charge in [0, 0.05) is 30.0 Å². The van der Waals surface area contributed by atoms with E-state index in [2.05, 4.69) is 0 Å². The molecule has 100 valence electrons. The summed E-state index contributed by atoms with van der Waals surface area (Å²) in [5, 5.41) is 28.5. The van der Waals surface area contributed by atoms with Crippen LogP contribution in [-0.4, -0.2) is 12.1 Å². The van der Waals surface area contributed by atoms with Crippen LogP contribution in [0.2, 0.25) is 0 Å². The Balaban J connectivity index is 2.75. The number of nitrogens with zero attached hydrogens (tertiary/aromatic N) is 3. The molecule has 0 unspecified atom stereocenters. The third-order valence-electron chi connectivity index (χ3n) is 4.43. The van der Waals surface area contributed by atoms with E-state index < -0.39 is 16.7 Å². The van der Waals surface area contributed by atoms with Crippen LogP contribution in [-0.2, 0) is 9.59 Å². The lowest BCUT2D eigenvalue weighted by Gasteiger charge is -2.36. The summed E-state index contributed by atoms with van der Waals surface area (Å²) in [4.78, 5) is 23.1. The topological polar surface area (TPSA) is 132 Å². The normalized spacial score (nSPS) is 31.4. The molecule has 2 atom stereocenters. The SMILES string of the molecule is N#CC1(C#N)CC(C=O)=C(N)[C@@]1(C#N)[C@@H]1CCCC1=O. The van der Waals surface area contributed by atoms with Gasteiger partial charge in [0.1, 0.15) is 17.5 Å². The fraction of sp³-hybridized carbons (Fsp3) is 0.500. The second-order valence-electron chi connectivity index (χ2n) is 5.19. The minimum absolute atomic E-state index is 0.0781. The molecule has 0 aliphatic heterocycles. The van der Waals surface area contributed by atoms with Crippen LogP contribution in [0, 0.1) is 50.7 Å². The van der Waals surface area contributed by atoms with Crippen molar-refractivity contribution in [3.05, 3.63) is 11.3 Å². The first kappa shape index (κ1) is 13.8. The summed E-state index contributed by atoms with van der Waals surface area (Å²) in [6.07, 6.45) is 1.59. The molecule has 1 saturated carbocycles. The molecule has 0 saturated heterocycles.